The van der Waals surface area contributed by atoms with E-state index in [1.165, 1.54) is 6.20 Å². The monoisotopic (exact) mass is 437 g/mol. The number of nitrogens with one attached hydrogen (secondary N) is 2. The van der Waals surface area contributed by atoms with Gasteiger partial charge in [0.15, 0.2) is 0 Å². The molecule has 1 amide bonds. The molecule has 2 aromatic heterocycles. The van der Waals surface area contributed by atoms with Gasteiger partial charge in [0.05, 0.1) is 11.1 Å². The van der Waals surface area contributed by atoms with Crippen LogP contribution in [-0.2, 0) is 6.54 Å². The molecule has 0 aliphatic rings. The summed E-state index contributed by atoms with van der Waals surface area (Å²) in [4.78, 5) is 24.8. The lowest BCUT2D eigenvalue weighted by Gasteiger charge is -2.11. The van der Waals surface area contributed by atoms with Crippen molar-refractivity contribution in [1.29, 1.82) is 0 Å². The smallest absolute Gasteiger partial charge is 0.257 e. The summed E-state index contributed by atoms with van der Waals surface area (Å²) in [6.45, 7) is 2.56. The number of anilines is 2. The van der Waals surface area contributed by atoms with Crippen LogP contribution in [0.5, 0.6) is 0 Å². The topological polar surface area (TPSA) is 79.8 Å². The van der Waals surface area contributed by atoms with Crippen molar-refractivity contribution >= 4 is 51.5 Å². The van der Waals surface area contributed by atoms with Gasteiger partial charge in [0.25, 0.3) is 5.91 Å². The minimum atomic E-state index is -0.248. The standard InChI is InChI=1S/C22H17Cl2N5O/c1-13-3-2-4-17-19(13)20(29-22(24)28-17)26-11-14-5-8-16(9-6-14)27-21(30)15-7-10-18(23)25-12-15/h2-10,12H,11H2,1H3,(H,27,30)(H,26,28,29). The number of carbonyl (C=O) groups excluding carboxylic acids is 1. The minimum Gasteiger partial charge on any atom is -0.365 e. The summed E-state index contributed by atoms with van der Waals surface area (Å²) in [6, 6.07) is 16.6. The summed E-state index contributed by atoms with van der Waals surface area (Å²) in [5.74, 6) is 0.443. The van der Waals surface area contributed by atoms with Gasteiger partial charge in [0, 0.05) is 23.8 Å². The summed E-state index contributed by atoms with van der Waals surface area (Å²) in [5, 5.41) is 7.66. The predicted octanol–water partition coefficient (Wildman–Crippen LogP) is 5.50. The largest absolute Gasteiger partial charge is 0.365 e. The molecule has 0 saturated carbocycles. The molecular formula is C22H17Cl2N5O. The number of fused-ring (bicyclic) bond motifs is 1. The van der Waals surface area contributed by atoms with Gasteiger partial charge in [-0.3, -0.25) is 4.79 Å². The molecule has 0 aliphatic heterocycles. The molecule has 2 heterocycles. The van der Waals surface area contributed by atoms with Gasteiger partial charge in [-0.25, -0.2) is 15.0 Å². The van der Waals surface area contributed by atoms with Crippen LogP contribution in [0.1, 0.15) is 21.5 Å². The van der Waals surface area contributed by atoms with E-state index in [4.69, 9.17) is 23.2 Å². The summed E-state index contributed by atoms with van der Waals surface area (Å²) in [5.41, 5.74) is 4.02. The van der Waals surface area contributed by atoms with Crippen LogP contribution in [0.3, 0.4) is 0 Å². The van der Waals surface area contributed by atoms with E-state index in [2.05, 4.69) is 25.6 Å². The van der Waals surface area contributed by atoms with E-state index in [0.29, 0.717) is 28.8 Å². The Hall–Kier alpha value is -3.22. The predicted molar refractivity (Wildman–Crippen MR) is 120 cm³/mol. The second-order valence-corrected chi connectivity index (χ2v) is 7.41. The van der Waals surface area contributed by atoms with Crippen LogP contribution in [0.2, 0.25) is 10.4 Å². The van der Waals surface area contributed by atoms with Crippen molar-refractivity contribution < 1.29 is 4.79 Å². The van der Waals surface area contributed by atoms with Crippen LogP contribution in [0.15, 0.2) is 60.8 Å². The third-order valence-corrected chi connectivity index (χ3v) is 4.96. The zero-order chi connectivity index (χ0) is 21.1. The summed E-state index contributed by atoms with van der Waals surface area (Å²) < 4.78 is 0. The maximum absolute atomic E-state index is 12.3. The zero-order valence-corrected chi connectivity index (χ0v) is 17.5. The summed E-state index contributed by atoms with van der Waals surface area (Å²) in [7, 11) is 0. The molecule has 0 radical (unpaired) electrons. The number of aromatic nitrogens is 3. The second-order valence-electron chi connectivity index (χ2n) is 6.68. The molecule has 0 fully saturated rings. The third-order valence-electron chi connectivity index (χ3n) is 4.57. The SMILES string of the molecule is Cc1cccc2nc(Cl)nc(NCc3ccc(NC(=O)c4ccc(Cl)nc4)cc3)c12. The number of nitrogens with zero attached hydrogens (tertiary/aromatic N) is 3. The first-order valence-electron chi connectivity index (χ1n) is 9.18. The second kappa shape index (κ2) is 8.65. The van der Waals surface area contributed by atoms with Crippen LogP contribution in [-0.4, -0.2) is 20.9 Å². The highest BCUT2D eigenvalue weighted by Gasteiger charge is 2.10. The van der Waals surface area contributed by atoms with Crippen LogP contribution >= 0.6 is 23.2 Å². The van der Waals surface area contributed by atoms with Crippen LogP contribution in [0.4, 0.5) is 11.5 Å². The number of hydrogen-bond acceptors (Lipinski definition) is 5. The van der Waals surface area contributed by atoms with Crippen molar-refractivity contribution in [3.8, 4) is 0 Å². The number of pyridine rings is 1. The molecule has 0 spiro atoms. The van der Waals surface area contributed by atoms with Crippen molar-refractivity contribution in [2.75, 3.05) is 10.6 Å². The fourth-order valence-corrected chi connectivity index (χ4v) is 3.35. The van der Waals surface area contributed by atoms with Gasteiger partial charge in [-0.2, -0.15) is 0 Å². The van der Waals surface area contributed by atoms with Gasteiger partial charge in [0.2, 0.25) is 5.28 Å². The number of rotatable bonds is 5. The molecule has 0 bridgehead atoms. The molecular weight excluding hydrogens is 421 g/mol. The maximum atomic E-state index is 12.3. The number of carbonyl (C=O) groups is 1. The van der Waals surface area contributed by atoms with E-state index in [1.807, 2.05) is 49.4 Å². The lowest BCUT2D eigenvalue weighted by Crippen LogP contribution is -2.12. The molecule has 4 aromatic rings. The molecule has 0 unspecified atom stereocenters. The van der Waals surface area contributed by atoms with Gasteiger partial charge in [-0.15, -0.1) is 0 Å². The van der Waals surface area contributed by atoms with Gasteiger partial charge >= 0.3 is 0 Å². The van der Waals surface area contributed by atoms with Gasteiger partial charge in [0.1, 0.15) is 11.0 Å². The van der Waals surface area contributed by atoms with Crippen molar-refractivity contribution in [2.24, 2.45) is 0 Å². The Morgan fingerprint density at radius 2 is 1.80 bits per heavy atom. The molecule has 2 N–H and O–H groups in total. The lowest BCUT2D eigenvalue weighted by molar-refractivity contribution is 0.102. The fraction of sp³-hybridized carbons (Fsp3) is 0.0909. The van der Waals surface area contributed by atoms with E-state index < -0.39 is 0 Å². The fourth-order valence-electron chi connectivity index (χ4n) is 3.06. The van der Waals surface area contributed by atoms with Crippen molar-refractivity contribution in [2.45, 2.75) is 13.5 Å². The van der Waals surface area contributed by atoms with E-state index in [9.17, 15) is 4.79 Å². The minimum absolute atomic E-state index is 0.199. The van der Waals surface area contributed by atoms with Gasteiger partial charge in [-0.1, -0.05) is 35.9 Å². The molecule has 0 saturated heterocycles. The lowest BCUT2D eigenvalue weighted by atomic mass is 10.1. The molecule has 2 aromatic carbocycles. The Morgan fingerprint density at radius 3 is 2.53 bits per heavy atom. The average Bonchev–Trinajstić information content (AvgIpc) is 2.73. The average molecular weight is 438 g/mol. The Bertz CT molecular complexity index is 1210. The normalized spacial score (nSPS) is 10.8. The zero-order valence-electron chi connectivity index (χ0n) is 16.0. The van der Waals surface area contributed by atoms with Crippen molar-refractivity contribution in [3.05, 3.63) is 87.9 Å². The van der Waals surface area contributed by atoms with E-state index in [0.717, 1.165) is 22.0 Å². The van der Waals surface area contributed by atoms with Crippen LogP contribution < -0.4 is 10.6 Å². The summed E-state index contributed by atoms with van der Waals surface area (Å²) >= 11 is 11.8. The van der Waals surface area contributed by atoms with E-state index in [-0.39, 0.29) is 11.2 Å². The Labute approximate surface area is 183 Å². The number of hydrogen-bond donors (Lipinski definition) is 2. The molecule has 30 heavy (non-hydrogen) atoms. The Morgan fingerprint density at radius 1 is 1.00 bits per heavy atom. The Kier molecular flexibility index (Phi) is 5.79. The number of halogens is 2. The number of aryl methyl sites for hydroxylation is 1. The highest BCUT2D eigenvalue weighted by molar-refractivity contribution is 6.29. The molecule has 4 rings (SSSR count). The highest BCUT2D eigenvalue weighted by Crippen LogP contribution is 2.26. The van der Waals surface area contributed by atoms with Crippen molar-refractivity contribution in [3.63, 3.8) is 0 Å². The van der Waals surface area contributed by atoms with Crippen LogP contribution in [0.25, 0.3) is 10.9 Å². The van der Waals surface area contributed by atoms with E-state index in [1.54, 1.807) is 12.1 Å². The summed E-state index contributed by atoms with van der Waals surface area (Å²) in [6.07, 6.45) is 1.44. The molecule has 8 heteroatoms. The maximum Gasteiger partial charge on any atom is 0.257 e. The first-order valence-corrected chi connectivity index (χ1v) is 9.94. The van der Waals surface area contributed by atoms with Gasteiger partial charge in [-0.05, 0) is 60.0 Å². The van der Waals surface area contributed by atoms with E-state index >= 15 is 0 Å². The molecule has 6 nitrogen and oxygen atoms in total. The third kappa shape index (κ3) is 4.50. The number of benzene rings is 2. The molecule has 0 aliphatic carbocycles. The Balaban J connectivity index is 1.45. The quantitative estimate of drug-likeness (QED) is 0.318. The van der Waals surface area contributed by atoms with Crippen LogP contribution in [0, 0.1) is 6.92 Å². The van der Waals surface area contributed by atoms with Gasteiger partial charge < -0.3 is 10.6 Å². The first-order chi connectivity index (χ1) is 14.5. The first kappa shape index (κ1) is 20.1. The highest BCUT2D eigenvalue weighted by atomic mass is 35.5. The molecule has 150 valence electrons. The molecule has 0 atom stereocenters. The number of amides is 1. The van der Waals surface area contributed by atoms with Crippen molar-refractivity contribution in [1.82, 2.24) is 15.0 Å².